The number of carbonyl (C=O) groups is 1. The normalized spacial score (nSPS) is 11.1. The Balaban J connectivity index is 1.67. The minimum absolute atomic E-state index is 0.0767. The van der Waals surface area contributed by atoms with Crippen molar-refractivity contribution in [1.82, 2.24) is 0 Å². The van der Waals surface area contributed by atoms with E-state index in [4.69, 9.17) is 9.15 Å². The Labute approximate surface area is 162 Å². The molecule has 0 aliphatic heterocycles. The van der Waals surface area contributed by atoms with Crippen LogP contribution in [0.25, 0.3) is 21.7 Å². The van der Waals surface area contributed by atoms with Crippen LogP contribution in [0.15, 0.2) is 63.8 Å². The maximum Gasteiger partial charge on any atom is 0.344 e. The molecule has 0 saturated carbocycles. The number of rotatable bonds is 4. The summed E-state index contributed by atoms with van der Waals surface area (Å²) >= 11 is 0. The standard InChI is InChI=1S/C24H20O4/c1-14-8-9-17(12-15(14)2)21(25)13-27-22-11-10-19-18-6-4-5-7-20(18)24(26)28-23(19)16(22)3/h4-12H,13H2,1-3H3. The molecule has 0 spiro atoms. The lowest BCUT2D eigenvalue weighted by Crippen LogP contribution is -2.12. The van der Waals surface area contributed by atoms with Crippen LogP contribution >= 0.6 is 0 Å². The zero-order chi connectivity index (χ0) is 19.8. The van der Waals surface area contributed by atoms with Gasteiger partial charge >= 0.3 is 5.63 Å². The summed E-state index contributed by atoms with van der Waals surface area (Å²) in [6.07, 6.45) is 0. The predicted octanol–water partition coefficient (Wildman–Crippen LogP) is 5.13. The molecule has 3 aromatic carbocycles. The van der Waals surface area contributed by atoms with Gasteiger partial charge in [0.15, 0.2) is 12.4 Å². The maximum absolute atomic E-state index is 12.5. The molecule has 4 nitrogen and oxygen atoms in total. The summed E-state index contributed by atoms with van der Waals surface area (Å²) < 4.78 is 11.3. The number of hydrogen-bond acceptors (Lipinski definition) is 4. The van der Waals surface area contributed by atoms with Crippen molar-refractivity contribution in [1.29, 1.82) is 0 Å². The van der Waals surface area contributed by atoms with Gasteiger partial charge < -0.3 is 9.15 Å². The Morgan fingerprint density at radius 3 is 2.39 bits per heavy atom. The number of ketones is 1. The molecule has 0 atom stereocenters. The molecule has 4 heteroatoms. The molecule has 0 unspecified atom stereocenters. The summed E-state index contributed by atoms with van der Waals surface area (Å²) in [5.74, 6) is 0.436. The monoisotopic (exact) mass is 372 g/mol. The molecule has 1 heterocycles. The molecule has 1 aromatic heterocycles. The average molecular weight is 372 g/mol. The van der Waals surface area contributed by atoms with Gasteiger partial charge in [-0.1, -0.05) is 30.3 Å². The van der Waals surface area contributed by atoms with E-state index in [9.17, 15) is 9.59 Å². The summed E-state index contributed by atoms with van der Waals surface area (Å²) in [7, 11) is 0. The molecule has 0 fully saturated rings. The highest BCUT2D eigenvalue weighted by molar-refractivity contribution is 6.05. The number of fused-ring (bicyclic) bond motifs is 3. The fourth-order valence-electron chi connectivity index (χ4n) is 3.36. The Morgan fingerprint density at radius 1 is 0.893 bits per heavy atom. The number of Topliss-reactive ketones (excluding diaryl/α,β-unsaturated/α-hetero) is 1. The number of aryl methyl sites for hydroxylation is 3. The zero-order valence-electron chi connectivity index (χ0n) is 16.0. The summed E-state index contributed by atoms with van der Waals surface area (Å²) in [4.78, 5) is 24.8. The van der Waals surface area contributed by atoms with Gasteiger partial charge in [-0.2, -0.15) is 0 Å². The van der Waals surface area contributed by atoms with Crippen molar-refractivity contribution in [3.8, 4) is 5.75 Å². The van der Waals surface area contributed by atoms with Crippen LogP contribution in [0.2, 0.25) is 0 Å². The van der Waals surface area contributed by atoms with Gasteiger partial charge in [-0.05, 0) is 61.5 Å². The van der Waals surface area contributed by atoms with Crippen molar-refractivity contribution in [2.24, 2.45) is 0 Å². The minimum Gasteiger partial charge on any atom is -0.485 e. The second-order valence-electron chi connectivity index (χ2n) is 7.01. The molecule has 0 radical (unpaired) electrons. The van der Waals surface area contributed by atoms with E-state index in [1.165, 1.54) is 0 Å². The molecule has 28 heavy (non-hydrogen) atoms. The van der Waals surface area contributed by atoms with Crippen molar-refractivity contribution in [3.63, 3.8) is 0 Å². The third-order valence-corrected chi connectivity index (χ3v) is 5.18. The quantitative estimate of drug-likeness (QED) is 0.283. The maximum atomic E-state index is 12.5. The first-order chi connectivity index (χ1) is 13.5. The second kappa shape index (κ2) is 6.97. The van der Waals surface area contributed by atoms with Gasteiger partial charge in [0, 0.05) is 16.5 Å². The number of benzene rings is 3. The SMILES string of the molecule is Cc1ccc(C(=O)COc2ccc3c(oc(=O)c4ccccc43)c2C)cc1C. The van der Waals surface area contributed by atoms with Crippen LogP contribution in [0, 0.1) is 20.8 Å². The van der Waals surface area contributed by atoms with E-state index in [0.717, 1.165) is 21.9 Å². The van der Waals surface area contributed by atoms with Gasteiger partial charge in [0.25, 0.3) is 0 Å². The summed E-state index contributed by atoms with van der Waals surface area (Å²) in [5.41, 5.74) is 3.65. The van der Waals surface area contributed by atoms with Gasteiger partial charge in [-0.25, -0.2) is 4.79 Å². The molecule has 0 aliphatic carbocycles. The Kier molecular flexibility index (Phi) is 4.47. The van der Waals surface area contributed by atoms with E-state index in [2.05, 4.69) is 0 Å². The summed E-state index contributed by atoms with van der Waals surface area (Å²) in [6.45, 7) is 5.74. The summed E-state index contributed by atoms with van der Waals surface area (Å²) in [6, 6.07) is 16.7. The number of carbonyl (C=O) groups excluding carboxylic acids is 1. The third kappa shape index (κ3) is 3.07. The Hall–Kier alpha value is -3.40. The molecule has 0 N–H and O–H groups in total. The van der Waals surface area contributed by atoms with Crippen LogP contribution in [-0.4, -0.2) is 12.4 Å². The van der Waals surface area contributed by atoms with Crippen LogP contribution in [0.5, 0.6) is 5.75 Å². The van der Waals surface area contributed by atoms with Crippen molar-refractivity contribution in [3.05, 3.63) is 87.3 Å². The van der Waals surface area contributed by atoms with Gasteiger partial charge in [0.1, 0.15) is 11.3 Å². The molecule has 0 saturated heterocycles. The lowest BCUT2D eigenvalue weighted by molar-refractivity contribution is 0.0921. The van der Waals surface area contributed by atoms with Crippen molar-refractivity contribution in [2.45, 2.75) is 20.8 Å². The van der Waals surface area contributed by atoms with Crippen LogP contribution < -0.4 is 10.4 Å². The van der Waals surface area contributed by atoms with Crippen molar-refractivity contribution < 1.29 is 13.9 Å². The lowest BCUT2D eigenvalue weighted by atomic mass is 10.0. The molecule has 4 aromatic rings. The largest absolute Gasteiger partial charge is 0.485 e. The van der Waals surface area contributed by atoms with Crippen molar-refractivity contribution >= 4 is 27.5 Å². The van der Waals surface area contributed by atoms with Gasteiger partial charge in [-0.3, -0.25) is 4.79 Å². The van der Waals surface area contributed by atoms with Crippen molar-refractivity contribution in [2.75, 3.05) is 6.61 Å². The number of ether oxygens (including phenoxy) is 1. The zero-order valence-corrected chi connectivity index (χ0v) is 16.0. The van der Waals surface area contributed by atoms with Gasteiger partial charge in [-0.15, -0.1) is 0 Å². The smallest absolute Gasteiger partial charge is 0.344 e. The first-order valence-corrected chi connectivity index (χ1v) is 9.14. The van der Waals surface area contributed by atoms with Crippen LogP contribution in [0.3, 0.4) is 0 Å². The molecular weight excluding hydrogens is 352 g/mol. The molecule has 0 amide bonds. The highest BCUT2D eigenvalue weighted by atomic mass is 16.5. The van der Waals surface area contributed by atoms with E-state index in [0.29, 0.717) is 27.8 Å². The Morgan fingerprint density at radius 2 is 1.64 bits per heavy atom. The fourth-order valence-corrected chi connectivity index (χ4v) is 3.36. The summed E-state index contributed by atoms with van der Waals surface area (Å²) in [5, 5.41) is 2.24. The fraction of sp³-hybridized carbons (Fsp3) is 0.167. The van der Waals surface area contributed by atoms with Crippen LogP contribution in [0.4, 0.5) is 0 Å². The van der Waals surface area contributed by atoms with Crippen LogP contribution in [-0.2, 0) is 0 Å². The van der Waals surface area contributed by atoms with Crippen LogP contribution in [0.1, 0.15) is 27.0 Å². The molecule has 140 valence electrons. The van der Waals surface area contributed by atoms with E-state index in [1.54, 1.807) is 6.07 Å². The first kappa shape index (κ1) is 18.0. The third-order valence-electron chi connectivity index (χ3n) is 5.18. The molecule has 4 rings (SSSR count). The molecule has 0 aliphatic rings. The highest BCUT2D eigenvalue weighted by Gasteiger charge is 2.14. The van der Waals surface area contributed by atoms with Gasteiger partial charge in [0.05, 0.1) is 5.39 Å². The highest BCUT2D eigenvalue weighted by Crippen LogP contribution is 2.30. The first-order valence-electron chi connectivity index (χ1n) is 9.14. The minimum atomic E-state index is -0.380. The van der Waals surface area contributed by atoms with E-state index < -0.39 is 0 Å². The van der Waals surface area contributed by atoms with Gasteiger partial charge in [0.2, 0.25) is 0 Å². The second-order valence-corrected chi connectivity index (χ2v) is 7.01. The number of hydrogen-bond donors (Lipinski definition) is 0. The lowest BCUT2D eigenvalue weighted by Gasteiger charge is -2.12. The van der Waals surface area contributed by atoms with E-state index in [-0.39, 0.29) is 18.0 Å². The topological polar surface area (TPSA) is 56.5 Å². The van der Waals surface area contributed by atoms with E-state index >= 15 is 0 Å². The predicted molar refractivity (Wildman–Crippen MR) is 110 cm³/mol. The molecular formula is C24H20O4. The molecule has 0 bridgehead atoms. The Bertz CT molecular complexity index is 1280. The average Bonchev–Trinajstić information content (AvgIpc) is 2.70. The van der Waals surface area contributed by atoms with E-state index in [1.807, 2.05) is 69.3 Å².